The van der Waals surface area contributed by atoms with E-state index in [0.717, 1.165) is 39.6 Å². The van der Waals surface area contributed by atoms with Crippen molar-refractivity contribution in [3.63, 3.8) is 0 Å². The molecular weight excluding hydrogens is 508 g/mol. The predicted octanol–water partition coefficient (Wildman–Crippen LogP) is 5.82. The van der Waals surface area contributed by atoms with Crippen LogP contribution in [0.4, 0.5) is 5.13 Å². The fraction of sp³-hybridized carbons (Fsp3) is 0.333. The molecule has 1 aliphatic rings. The number of thiazole rings is 2. The quantitative estimate of drug-likeness (QED) is 0.320. The summed E-state index contributed by atoms with van der Waals surface area (Å²) in [6.07, 6.45) is 1.72. The van der Waals surface area contributed by atoms with Gasteiger partial charge in [-0.2, -0.15) is 0 Å². The molecule has 0 saturated carbocycles. The van der Waals surface area contributed by atoms with Crippen LogP contribution in [0.5, 0.6) is 11.5 Å². The van der Waals surface area contributed by atoms with Crippen LogP contribution in [0.1, 0.15) is 58.5 Å². The van der Waals surface area contributed by atoms with Crippen LogP contribution >= 0.6 is 22.7 Å². The second kappa shape index (κ2) is 10.9. The number of hydrogen-bond donors (Lipinski definition) is 1. The third kappa shape index (κ3) is 5.75. The molecule has 3 heterocycles. The molecule has 1 saturated heterocycles. The minimum Gasteiger partial charge on any atom is -0.497 e. The van der Waals surface area contributed by atoms with Crippen molar-refractivity contribution in [1.29, 1.82) is 0 Å². The van der Waals surface area contributed by atoms with Gasteiger partial charge in [-0.15, -0.1) is 11.3 Å². The number of nitrogens with zero attached hydrogens (tertiary/aromatic N) is 3. The van der Waals surface area contributed by atoms with Crippen molar-refractivity contribution >= 4 is 49.8 Å². The Hall–Kier alpha value is -3.50. The molecule has 2 aromatic heterocycles. The molecule has 10 heteroatoms. The van der Waals surface area contributed by atoms with Gasteiger partial charge in [0.25, 0.3) is 11.8 Å². The standard InChI is InChI=1S/C27H28N4O4S2/c1-16(2)35-19-6-4-18(5-7-19)26(33)31-12-10-17(11-13-31)25-28-22(15-36-25)24(32)30-27-29-21-9-8-20(34-3)14-23(21)37-27/h4-9,14-17H,10-13H2,1-3H3,(H,29,30,32). The molecule has 1 aliphatic heterocycles. The zero-order valence-electron chi connectivity index (χ0n) is 20.9. The Balaban J connectivity index is 1.17. The molecule has 0 aliphatic carbocycles. The number of rotatable bonds is 7. The summed E-state index contributed by atoms with van der Waals surface area (Å²) in [4.78, 5) is 36.7. The van der Waals surface area contributed by atoms with Gasteiger partial charge in [0.2, 0.25) is 0 Å². The zero-order chi connectivity index (χ0) is 25.9. The van der Waals surface area contributed by atoms with Gasteiger partial charge in [-0.3, -0.25) is 14.9 Å². The third-order valence-corrected chi connectivity index (χ3v) is 8.12. The number of ether oxygens (including phenoxy) is 2. The lowest BCUT2D eigenvalue weighted by molar-refractivity contribution is 0.0713. The highest BCUT2D eigenvalue weighted by molar-refractivity contribution is 7.22. The van der Waals surface area contributed by atoms with Crippen molar-refractivity contribution < 1.29 is 19.1 Å². The highest BCUT2D eigenvalue weighted by Gasteiger charge is 2.27. The van der Waals surface area contributed by atoms with Crippen molar-refractivity contribution in [2.24, 2.45) is 0 Å². The van der Waals surface area contributed by atoms with E-state index in [0.29, 0.717) is 29.5 Å². The number of hydrogen-bond acceptors (Lipinski definition) is 8. The van der Waals surface area contributed by atoms with E-state index in [1.54, 1.807) is 12.5 Å². The molecular formula is C27H28N4O4S2. The molecule has 37 heavy (non-hydrogen) atoms. The fourth-order valence-corrected chi connectivity index (χ4v) is 6.15. The molecule has 4 aromatic rings. The van der Waals surface area contributed by atoms with E-state index in [2.05, 4.69) is 15.3 Å². The topological polar surface area (TPSA) is 93.7 Å². The number of carbonyl (C=O) groups excluding carboxylic acids is 2. The zero-order valence-corrected chi connectivity index (χ0v) is 22.5. The minimum atomic E-state index is -0.272. The average Bonchev–Trinajstić information content (AvgIpc) is 3.55. The van der Waals surface area contributed by atoms with Gasteiger partial charge in [0.05, 0.1) is 28.4 Å². The molecule has 0 radical (unpaired) electrons. The highest BCUT2D eigenvalue weighted by Crippen LogP contribution is 2.32. The monoisotopic (exact) mass is 536 g/mol. The molecule has 0 spiro atoms. The minimum absolute atomic E-state index is 0.0298. The molecule has 0 unspecified atom stereocenters. The van der Waals surface area contributed by atoms with Crippen LogP contribution in [0, 0.1) is 0 Å². The Kier molecular flexibility index (Phi) is 7.38. The average molecular weight is 537 g/mol. The molecule has 0 atom stereocenters. The van der Waals surface area contributed by atoms with Gasteiger partial charge in [-0.05, 0) is 69.2 Å². The first-order valence-electron chi connectivity index (χ1n) is 12.2. The molecule has 1 N–H and O–H groups in total. The van der Waals surface area contributed by atoms with Gasteiger partial charge < -0.3 is 14.4 Å². The summed E-state index contributed by atoms with van der Waals surface area (Å²) >= 11 is 2.89. The van der Waals surface area contributed by atoms with Gasteiger partial charge in [-0.25, -0.2) is 9.97 Å². The molecule has 5 rings (SSSR count). The smallest absolute Gasteiger partial charge is 0.276 e. The summed E-state index contributed by atoms with van der Waals surface area (Å²) < 4.78 is 11.9. The number of nitrogens with one attached hydrogen (secondary N) is 1. The second-order valence-electron chi connectivity index (χ2n) is 9.14. The van der Waals surface area contributed by atoms with Gasteiger partial charge in [-0.1, -0.05) is 11.3 Å². The number of benzene rings is 2. The fourth-order valence-electron chi connectivity index (χ4n) is 4.29. The Morgan fingerprint density at radius 1 is 1.05 bits per heavy atom. The third-order valence-electron chi connectivity index (χ3n) is 6.18. The summed E-state index contributed by atoms with van der Waals surface area (Å²) in [5, 5.41) is 6.11. The van der Waals surface area contributed by atoms with Crippen molar-refractivity contribution in [1.82, 2.24) is 14.9 Å². The van der Waals surface area contributed by atoms with Crippen LogP contribution in [0.15, 0.2) is 47.8 Å². The summed E-state index contributed by atoms with van der Waals surface area (Å²) in [6.45, 7) is 5.26. The van der Waals surface area contributed by atoms with E-state index in [-0.39, 0.29) is 23.8 Å². The number of piperidine rings is 1. The second-order valence-corrected chi connectivity index (χ2v) is 11.1. The molecule has 1 fully saturated rings. The van der Waals surface area contributed by atoms with Crippen LogP contribution in [-0.2, 0) is 0 Å². The first kappa shape index (κ1) is 25.2. The number of anilines is 1. The number of likely N-dealkylation sites (tertiary alicyclic amines) is 1. The molecule has 2 amide bonds. The van der Waals surface area contributed by atoms with Gasteiger partial charge >= 0.3 is 0 Å². The maximum Gasteiger partial charge on any atom is 0.276 e. The lowest BCUT2D eigenvalue weighted by Crippen LogP contribution is -2.37. The van der Waals surface area contributed by atoms with Crippen molar-refractivity contribution in [2.75, 3.05) is 25.5 Å². The van der Waals surface area contributed by atoms with E-state index in [4.69, 9.17) is 9.47 Å². The van der Waals surface area contributed by atoms with Gasteiger partial charge in [0, 0.05) is 30.0 Å². The first-order valence-corrected chi connectivity index (χ1v) is 13.9. The number of methoxy groups -OCH3 is 1. The largest absolute Gasteiger partial charge is 0.497 e. The van der Waals surface area contributed by atoms with Crippen LogP contribution in [0.3, 0.4) is 0 Å². The summed E-state index contributed by atoms with van der Waals surface area (Å²) in [5.74, 6) is 1.50. The Labute approximate surface area is 223 Å². The Morgan fingerprint density at radius 3 is 2.49 bits per heavy atom. The van der Waals surface area contributed by atoms with E-state index in [1.165, 1.54) is 22.7 Å². The predicted molar refractivity (Wildman–Crippen MR) is 146 cm³/mol. The van der Waals surface area contributed by atoms with Gasteiger partial charge in [0.1, 0.15) is 17.2 Å². The molecule has 0 bridgehead atoms. The maximum absolute atomic E-state index is 13.0. The summed E-state index contributed by atoms with van der Waals surface area (Å²) in [7, 11) is 1.62. The number of fused-ring (bicyclic) bond motifs is 1. The number of carbonyl (C=O) groups is 2. The van der Waals surface area contributed by atoms with Crippen LogP contribution in [-0.4, -0.2) is 53.0 Å². The van der Waals surface area contributed by atoms with Crippen LogP contribution < -0.4 is 14.8 Å². The molecule has 2 aromatic carbocycles. The Bertz CT molecular complexity index is 1410. The highest BCUT2D eigenvalue weighted by atomic mass is 32.1. The number of aromatic nitrogens is 2. The van der Waals surface area contributed by atoms with Crippen LogP contribution in [0.25, 0.3) is 10.2 Å². The Morgan fingerprint density at radius 2 is 1.78 bits per heavy atom. The van der Waals surface area contributed by atoms with Crippen molar-refractivity contribution in [3.8, 4) is 11.5 Å². The lowest BCUT2D eigenvalue weighted by atomic mass is 9.97. The summed E-state index contributed by atoms with van der Waals surface area (Å²) in [6, 6.07) is 12.9. The van der Waals surface area contributed by atoms with E-state index < -0.39 is 0 Å². The molecule has 192 valence electrons. The maximum atomic E-state index is 13.0. The van der Waals surface area contributed by atoms with Crippen LogP contribution in [0.2, 0.25) is 0 Å². The SMILES string of the molecule is COc1ccc2nc(NC(=O)c3csc(C4CCN(C(=O)c5ccc(OC(C)C)cc5)CC4)n3)sc2c1. The van der Waals surface area contributed by atoms with Crippen molar-refractivity contribution in [2.45, 2.75) is 38.7 Å². The first-order chi connectivity index (χ1) is 17.9. The molecule has 8 nitrogen and oxygen atoms in total. The van der Waals surface area contributed by atoms with E-state index in [1.807, 2.05) is 61.2 Å². The van der Waals surface area contributed by atoms with E-state index in [9.17, 15) is 9.59 Å². The number of amides is 2. The summed E-state index contributed by atoms with van der Waals surface area (Å²) in [5.41, 5.74) is 1.86. The normalized spacial score (nSPS) is 14.2. The van der Waals surface area contributed by atoms with E-state index >= 15 is 0 Å². The van der Waals surface area contributed by atoms with Crippen molar-refractivity contribution in [3.05, 3.63) is 64.1 Å². The lowest BCUT2D eigenvalue weighted by Gasteiger charge is -2.31. The van der Waals surface area contributed by atoms with Gasteiger partial charge in [0.15, 0.2) is 5.13 Å².